The molecule has 0 aliphatic carbocycles. The summed E-state index contributed by atoms with van der Waals surface area (Å²) < 4.78 is 56.6. The van der Waals surface area contributed by atoms with E-state index in [-0.39, 0.29) is 44.3 Å². The van der Waals surface area contributed by atoms with E-state index in [0.717, 1.165) is 68.1 Å². The molecule has 0 spiro atoms. The lowest BCUT2D eigenvalue weighted by atomic mass is 10.1. The van der Waals surface area contributed by atoms with Crippen molar-refractivity contribution in [3.05, 3.63) is 178 Å². The number of pyridine rings is 3. The number of aromatic nitrogens is 15. The minimum atomic E-state index is -0.513. The molecule has 0 saturated heterocycles. The van der Waals surface area contributed by atoms with Crippen LogP contribution in [0.25, 0.3) is 51.7 Å². The average Bonchev–Trinajstić information content (AvgIpc) is 4.39. The largest absolute Gasteiger partial charge is 0.458 e. The van der Waals surface area contributed by atoms with Crippen LogP contribution in [0.1, 0.15) is 68.1 Å². The number of alkyl halides is 3. The number of rotatable bonds is 18. The van der Waals surface area contributed by atoms with Crippen molar-refractivity contribution in [1.29, 1.82) is 0 Å². The van der Waals surface area contributed by atoms with Gasteiger partial charge in [-0.3, -0.25) is 15.0 Å². The van der Waals surface area contributed by atoms with Gasteiger partial charge in [-0.15, -0.1) is 11.6 Å². The normalized spacial score (nSPS) is 11.3. The van der Waals surface area contributed by atoms with Crippen molar-refractivity contribution in [1.82, 2.24) is 73.7 Å². The van der Waals surface area contributed by atoms with E-state index in [1.807, 2.05) is 112 Å². The van der Waals surface area contributed by atoms with Gasteiger partial charge in [-0.25, -0.2) is 8.78 Å². The van der Waals surface area contributed by atoms with E-state index < -0.39 is 13.3 Å². The van der Waals surface area contributed by atoms with Crippen molar-refractivity contribution in [2.45, 2.75) is 59.1 Å². The van der Waals surface area contributed by atoms with E-state index >= 15 is 0 Å². The Morgan fingerprint density at radius 1 is 0.432 bits per heavy atom. The van der Waals surface area contributed by atoms with Gasteiger partial charge in [0.25, 0.3) is 0 Å². The summed E-state index contributed by atoms with van der Waals surface area (Å²) in [5, 5.41) is 13.2. The molecular weight excluding hydrogens is 1070 g/mol. The molecule has 81 heavy (non-hydrogen) atoms. The van der Waals surface area contributed by atoms with Crippen molar-refractivity contribution in [3.63, 3.8) is 0 Å². The molecule has 26 heteroatoms. The third kappa shape index (κ3) is 13.1. The lowest BCUT2D eigenvalue weighted by Gasteiger charge is -2.05. The van der Waals surface area contributed by atoms with Gasteiger partial charge in [-0.05, 0) is 93.6 Å². The third-order valence-corrected chi connectivity index (χ3v) is 12.3. The summed E-state index contributed by atoms with van der Waals surface area (Å²) >= 11 is 5.86. The first-order valence-corrected chi connectivity index (χ1v) is 25.8. The lowest BCUT2D eigenvalue weighted by Crippen LogP contribution is -2.05. The highest BCUT2D eigenvalue weighted by Gasteiger charge is 2.20. The number of hydrogen-bond donors (Lipinski definition) is 3. The number of ether oxygens (including phenoxy) is 2. The Labute approximate surface area is 465 Å². The van der Waals surface area contributed by atoms with Crippen molar-refractivity contribution in [3.8, 4) is 34.8 Å². The minimum Gasteiger partial charge on any atom is -0.458 e. The molecule has 0 unspecified atom stereocenters. The van der Waals surface area contributed by atoms with E-state index in [9.17, 15) is 8.78 Å². The Morgan fingerprint density at radius 3 is 1.06 bits per heavy atom. The first-order valence-electron chi connectivity index (χ1n) is 25.3. The molecule has 0 saturated carbocycles. The molecular formula is C55H53ClF2N18O5. The van der Waals surface area contributed by atoms with Gasteiger partial charge >= 0.3 is 0 Å². The fourth-order valence-electron chi connectivity index (χ4n) is 8.50. The molecule has 12 rings (SSSR count). The summed E-state index contributed by atoms with van der Waals surface area (Å²) in [5.41, 5.74) is 27.0. The third-order valence-electron chi connectivity index (χ3n) is 12.0. The molecule has 0 aliphatic heterocycles. The van der Waals surface area contributed by atoms with Crippen LogP contribution in [0.4, 0.5) is 26.6 Å². The fourth-order valence-corrected chi connectivity index (χ4v) is 8.65. The van der Waals surface area contributed by atoms with Crippen molar-refractivity contribution in [2.75, 3.05) is 43.8 Å². The summed E-state index contributed by atoms with van der Waals surface area (Å²) in [6.45, 7) is 5.21. The van der Waals surface area contributed by atoms with Gasteiger partial charge in [-0.1, -0.05) is 18.2 Å². The monoisotopic (exact) mass is 1120 g/mol. The van der Waals surface area contributed by atoms with E-state index in [4.69, 9.17) is 51.5 Å². The molecule has 23 nitrogen and oxygen atoms in total. The van der Waals surface area contributed by atoms with Gasteiger partial charge in [0.2, 0.25) is 35.3 Å². The van der Waals surface area contributed by atoms with E-state index in [1.165, 1.54) is 0 Å². The van der Waals surface area contributed by atoms with Crippen LogP contribution in [0.3, 0.4) is 0 Å². The number of anilines is 3. The van der Waals surface area contributed by atoms with Gasteiger partial charge in [0.15, 0.2) is 34.2 Å². The number of nitrogens with zero attached hydrogens (tertiary/aromatic N) is 15. The quantitative estimate of drug-likeness (QED) is 0.0535. The Balaban J connectivity index is 0.000000137. The molecule has 12 heterocycles. The Bertz CT molecular complexity index is 3920. The molecule has 6 N–H and O–H groups in total. The van der Waals surface area contributed by atoms with Crippen molar-refractivity contribution in [2.24, 2.45) is 0 Å². The SMILES string of the molecule is Cc1ccc(-c2nc(N)nc3c(Cc4cccc(CCl)n4)cnn23)o1.Cc1ccc(-c2nc(N)nc3c(Cc4cccc(COCCF)n4)cnn23)o1.Cc1ccc(-c2nc(N)nc3c(Cc4cccc(COCCF)n4)cnn23)o1. The second-order valence-electron chi connectivity index (χ2n) is 18.2. The predicted octanol–water partition coefficient (Wildman–Crippen LogP) is 8.49. The van der Waals surface area contributed by atoms with Crippen LogP contribution in [0, 0.1) is 20.8 Å². The van der Waals surface area contributed by atoms with Crippen molar-refractivity contribution >= 4 is 46.4 Å². The van der Waals surface area contributed by atoms with Gasteiger partial charge in [0, 0.05) is 53.0 Å². The fraction of sp³-hybridized carbons (Fsp3) is 0.236. The number of furan rings is 3. The standard InChI is InChI=1S/2C19H19FN6O2.C17H15ClN6O/c2*1-12-5-6-16(28-12)18-25-19(21)24-17-13(10-22-26(17)18)9-14-3-2-4-15(23-14)11-27-8-7-20;1-10-5-6-14(25-10)16-23-17(19)22-15-11(9-20-24(15)16)7-12-3-2-4-13(8-18)21-12/h2*2-6,10H,7-9,11H2,1H3,(H2,21,24);2-6,9H,7-8H2,1H3,(H2,19,22). The lowest BCUT2D eigenvalue weighted by molar-refractivity contribution is 0.104. The molecule has 0 aliphatic rings. The van der Waals surface area contributed by atoms with E-state index in [1.54, 1.807) is 32.1 Å². The smallest absolute Gasteiger partial charge is 0.224 e. The van der Waals surface area contributed by atoms with Crippen LogP contribution in [-0.4, -0.2) is 100 Å². The number of aryl methyl sites for hydroxylation is 3. The number of nitrogen functional groups attached to an aromatic ring is 3. The zero-order chi connectivity index (χ0) is 56.4. The molecule has 0 atom stereocenters. The van der Waals surface area contributed by atoms with Crippen LogP contribution in [-0.2, 0) is 47.8 Å². The van der Waals surface area contributed by atoms with E-state index in [2.05, 4.69) is 60.2 Å². The summed E-state index contributed by atoms with van der Waals surface area (Å²) in [5.74, 6) is 6.36. The zero-order valence-corrected chi connectivity index (χ0v) is 44.8. The summed E-state index contributed by atoms with van der Waals surface area (Å²) in [6, 6.07) is 28.1. The molecule has 12 aromatic rings. The zero-order valence-electron chi connectivity index (χ0n) is 44.1. The maximum atomic E-state index is 12.2. The number of fused-ring (bicyclic) bond motifs is 3. The van der Waals surface area contributed by atoms with E-state index in [0.29, 0.717) is 76.8 Å². The predicted molar refractivity (Wildman–Crippen MR) is 295 cm³/mol. The number of hydrogen-bond acceptors (Lipinski definition) is 20. The highest BCUT2D eigenvalue weighted by molar-refractivity contribution is 6.16. The summed E-state index contributed by atoms with van der Waals surface area (Å²) in [6.07, 6.45) is 6.77. The van der Waals surface area contributed by atoms with Gasteiger partial charge in [-0.2, -0.15) is 58.7 Å². The van der Waals surface area contributed by atoms with Crippen LogP contribution < -0.4 is 17.2 Å². The maximum absolute atomic E-state index is 12.2. The highest BCUT2D eigenvalue weighted by Crippen LogP contribution is 2.27. The summed E-state index contributed by atoms with van der Waals surface area (Å²) in [4.78, 5) is 39.5. The Kier molecular flexibility index (Phi) is 16.9. The average molecular weight is 1120 g/mol. The van der Waals surface area contributed by atoms with Crippen LogP contribution in [0.5, 0.6) is 0 Å². The summed E-state index contributed by atoms with van der Waals surface area (Å²) in [7, 11) is 0. The van der Waals surface area contributed by atoms with Crippen LogP contribution in [0.2, 0.25) is 0 Å². The second kappa shape index (κ2) is 25.0. The molecule has 0 fully saturated rings. The highest BCUT2D eigenvalue weighted by atomic mass is 35.5. The first-order chi connectivity index (χ1) is 39.4. The van der Waals surface area contributed by atoms with Gasteiger partial charge in [0.1, 0.15) is 30.6 Å². The van der Waals surface area contributed by atoms with Gasteiger partial charge in [0.05, 0.1) is 68.0 Å². The Morgan fingerprint density at radius 2 is 0.753 bits per heavy atom. The molecule has 414 valence electrons. The molecule has 12 aromatic heterocycles. The van der Waals surface area contributed by atoms with Crippen LogP contribution >= 0.6 is 11.6 Å². The van der Waals surface area contributed by atoms with Gasteiger partial charge < -0.3 is 39.9 Å². The van der Waals surface area contributed by atoms with Crippen LogP contribution in [0.15, 0.2) is 123 Å². The Hall–Kier alpha value is -9.59. The molecule has 0 amide bonds. The topological polar surface area (TPSA) is 304 Å². The molecule has 0 aromatic carbocycles. The minimum absolute atomic E-state index is 0.0607. The molecule has 0 bridgehead atoms. The number of nitrogens with two attached hydrogens (primary N) is 3. The molecule has 0 radical (unpaired) electrons. The second-order valence-corrected chi connectivity index (χ2v) is 18.4. The van der Waals surface area contributed by atoms with Crippen molar-refractivity contribution < 1.29 is 31.5 Å². The maximum Gasteiger partial charge on any atom is 0.224 e. The first kappa shape index (κ1) is 54.8. The number of halogens is 3.